The van der Waals surface area contributed by atoms with Gasteiger partial charge in [-0.1, -0.05) is 12.1 Å². The quantitative estimate of drug-likeness (QED) is 0.209. The summed E-state index contributed by atoms with van der Waals surface area (Å²) >= 11 is 0. The fourth-order valence-corrected chi connectivity index (χ4v) is 4.56. The van der Waals surface area contributed by atoms with Crippen LogP contribution in [0.25, 0.3) is 0 Å². The summed E-state index contributed by atoms with van der Waals surface area (Å²) in [6, 6.07) is 8.80. The molecular formula is C25H30O12. The van der Waals surface area contributed by atoms with E-state index in [0.717, 1.165) is 0 Å². The molecule has 2 aromatic carbocycles. The first-order chi connectivity index (χ1) is 17.6. The molecule has 0 unspecified atom stereocenters. The molecule has 0 aromatic heterocycles. The SMILES string of the molecule is COc1cc(C[C@H]2COC(=O)[C@]2(O)Cc2ccc(O[C@@H]3O[C@H](CO)[C@@H](O)[C@H](O)[C@H]3O)c(O)c2)ccc1O. The standard InChI is InChI=1S/C25H30O12/c1-34-18-8-12(2-4-15(18)27)6-14-11-35-24(32)25(14,33)9-13-3-5-17(16(28)7-13)36-23-22(31)21(30)20(29)19(10-26)37-23/h2-5,7-8,14,19-23,26-31,33H,6,9-11H2,1H3/t14-,19+,20+,21-,22+,23+,25-/m0/s1. The minimum atomic E-state index is -1.89. The molecule has 2 saturated heterocycles. The van der Waals surface area contributed by atoms with E-state index in [1.54, 1.807) is 12.1 Å². The van der Waals surface area contributed by atoms with Gasteiger partial charge in [-0.3, -0.25) is 0 Å². The number of carbonyl (C=O) groups excluding carboxylic acids is 1. The molecule has 2 aromatic rings. The molecule has 0 spiro atoms. The van der Waals surface area contributed by atoms with Crippen molar-refractivity contribution >= 4 is 5.97 Å². The minimum absolute atomic E-state index is 0.0250. The Morgan fingerprint density at radius 3 is 2.38 bits per heavy atom. The molecule has 37 heavy (non-hydrogen) atoms. The third-order valence-electron chi connectivity index (χ3n) is 6.76. The van der Waals surface area contributed by atoms with Gasteiger partial charge in [0.25, 0.3) is 0 Å². The van der Waals surface area contributed by atoms with E-state index in [1.165, 1.54) is 31.4 Å². The van der Waals surface area contributed by atoms with Crippen molar-refractivity contribution in [3.05, 3.63) is 47.5 Å². The first-order valence-electron chi connectivity index (χ1n) is 11.6. The Kier molecular flexibility index (Phi) is 7.78. The summed E-state index contributed by atoms with van der Waals surface area (Å²) in [5.41, 5.74) is -0.798. The summed E-state index contributed by atoms with van der Waals surface area (Å²) in [4.78, 5) is 12.5. The fourth-order valence-electron chi connectivity index (χ4n) is 4.56. The van der Waals surface area contributed by atoms with Crippen LogP contribution in [0.3, 0.4) is 0 Å². The number of cyclic esters (lactones) is 1. The molecule has 2 aliphatic rings. The zero-order valence-electron chi connectivity index (χ0n) is 19.9. The second-order valence-corrected chi connectivity index (χ2v) is 9.22. The molecule has 4 rings (SSSR count). The zero-order chi connectivity index (χ0) is 26.9. The molecule has 0 aliphatic carbocycles. The van der Waals surface area contributed by atoms with Crippen LogP contribution < -0.4 is 9.47 Å². The summed E-state index contributed by atoms with van der Waals surface area (Å²) in [6.45, 7) is -0.661. The van der Waals surface area contributed by atoms with Crippen molar-refractivity contribution < 1.29 is 59.5 Å². The van der Waals surface area contributed by atoms with Crippen molar-refractivity contribution in [1.29, 1.82) is 0 Å². The van der Waals surface area contributed by atoms with Gasteiger partial charge in [0.05, 0.1) is 20.3 Å². The number of methoxy groups -OCH3 is 1. The number of aromatic hydroxyl groups is 2. The number of aliphatic hydroxyl groups excluding tert-OH is 4. The van der Waals surface area contributed by atoms with E-state index in [1.807, 2.05) is 0 Å². The molecule has 2 fully saturated rings. The molecule has 0 amide bonds. The van der Waals surface area contributed by atoms with E-state index in [4.69, 9.17) is 18.9 Å². The van der Waals surface area contributed by atoms with Crippen molar-refractivity contribution in [2.24, 2.45) is 5.92 Å². The molecule has 0 radical (unpaired) electrons. The lowest BCUT2D eigenvalue weighted by Gasteiger charge is -2.39. The highest BCUT2D eigenvalue weighted by Gasteiger charge is 2.51. The maximum Gasteiger partial charge on any atom is 0.338 e. The van der Waals surface area contributed by atoms with Crippen LogP contribution in [-0.2, 0) is 27.1 Å². The van der Waals surface area contributed by atoms with E-state index in [0.29, 0.717) is 11.1 Å². The summed E-state index contributed by atoms with van der Waals surface area (Å²) in [6.07, 6.45) is -7.47. The highest BCUT2D eigenvalue weighted by molar-refractivity contribution is 5.82. The van der Waals surface area contributed by atoms with Gasteiger partial charge in [-0.15, -0.1) is 0 Å². The number of phenolic OH excluding ortho intramolecular Hbond substituents is 2. The molecule has 0 bridgehead atoms. The zero-order valence-corrected chi connectivity index (χ0v) is 19.9. The van der Waals surface area contributed by atoms with Gasteiger partial charge in [0, 0.05) is 12.3 Å². The lowest BCUT2D eigenvalue weighted by molar-refractivity contribution is -0.277. The highest BCUT2D eigenvalue weighted by atomic mass is 16.7. The van der Waals surface area contributed by atoms with Crippen molar-refractivity contribution in [2.75, 3.05) is 20.3 Å². The predicted octanol–water partition coefficient (Wildman–Crippen LogP) is -1.03. The van der Waals surface area contributed by atoms with Crippen LogP contribution in [0.4, 0.5) is 0 Å². The number of ether oxygens (including phenoxy) is 4. The number of hydrogen-bond acceptors (Lipinski definition) is 12. The van der Waals surface area contributed by atoms with Crippen LogP contribution in [0.1, 0.15) is 11.1 Å². The van der Waals surface area contributed by atoms with Gasteiger partial charge in [-0.25, -0.2) is 4.79 Å². The minimum Gasteiger partial charge on any atom is -0.504 e. The van der Waals surface area contributed by atoms with E-state index >= 15 is 0 Å². The van der Waals surface area contributed by atoms with Gasteiger partial charge < -0.3 is 54.7 Å². The van der Waals surface area contributed by atoms with Crippen molar-refractivity contribution in [3.8, 4) is 23.0 Å². The largest absolute Gasteiger partial charge is 0.504 e. The average Bonchev–Trinajstić information content (AvgIpc) is 3.14. The number of rotatable bonds is 8. The van der Waals surface area contributed by atoms with Gasteiger partial charge in [0.1, 0.15) is 24.4 Å². The lowest BCUT2D eigenvalue weighted by atomic mass is 9.81. The Morgan fingerprint density at radius 1 is 0.973 bits per heavy atom. The summed E-state index contributed by atoms with van der Waals surface area (Å²) < 4.78 is 21.0. The number of carbonyl (C=O) groups is 1. The lowest BCUT2D eigenvalue weighted by Crippen LogP contribution is -2.60. The maximum atomic E-state index is 12.5. The third kappa shape index (κ3) is 5.30. The van der Waals surface area contributed by atoms with Crippen LogP contribution in [0.2, 0.25) is 0 Å². The van der Waals surface area contributed by atoms with E-state index < -0.39 is 60.6 Å². The Bertz CT molecular complexity index is 1120. The number of aliphatic hydroxyl groups is 5. The smallest absolute Gasteiger partial charge is 0.338 e. The van der Waals surface area contributed by atoms with E-state index in [-0.39, 0.29) is 36.7 Å². The summed E-state index contributed by atoms with van der Waals surface area (Å²) in [5, 5.41) is 70.9. The molecule has 7 atom stereocenters. The predicted molar refractivity (Wildman–Crippen MR) is 124 cm³/mol. The van der Waals surface area contributed by atoms with Crippen LogP contribution in [0.5, 0.6) is 23.0 Å². The van der Waals surface area contributed by atoms with Gasteiger partial charge in [0.15, 0.2) is 28.6 Å². The van der Waals surface area contributed by atoms with Crippen molar-refractivity contribution in [2.45, 2.75) is 49.1 Å². The van der Waals surface area contributed by atoms with Gasteiger partial charge in [-0.05, 0) is 41.8 Å². The van der Waals surface area contributed by atoms with E-state index in [9.17, 15) is 40.5 Å². The molecule has 0 saturated carbocycles. The van der Waals surface area contributed by atoms with Crippen molar-refractivity contribution in [1.82, 2.24) is 0 Å². The topological polar surface area (TPSA) is 196 Å². The number of esters is 1. The molecular weight excluding hydrogens is 492 g/mol. The van der Waals surface area contributed by atoms with Crippen molar-refractivity contribution in [3.63, 3.8) is 0 Å². The molecule has 202 valence electrons. The summed E-state index contributed by atoms with van der Waals surface area (Å²) in [5.74, 6) is -1.75. The van der Waals surface area contributed by atoms with Gasteiger partial charge in [-0.2, -0.15) is 0 Å². The van der Waals surface area contributed by atoms with Gasteiger partial charge in [0.2, 0.25) is 6.29 Å². The normalized spacial score (nSPS) is 31.7. The third-order valence-corrected chi connectivity index (χ3v) is 6.76. The second kappa shape index (κ2) is 10.7. The van der Waals surface area contributed by atoms with Crippen LogP contribution in [0, 0.1) is 5.92 Å². The van der Waals surface area contributed by atoms with Crippen LogP contribution in [0.15, 0.2) is 36.4 Å². The number of phenols is 2. The molecule has 7 N–H and O–H groups in total. The van der Waals surface area contributed by atoms with Gasteiger partial charge >= 0.3 is 5.97 Å². The van der Waals surface area contributed by atoms with Crippen LogP contribution in [-0.4, -0.2) is 98.3 Å². The monoisotopic (exact) mass is 522 g/mol. The molecule has 12 nitrogen and oxygen atoms in total. The molecule has 2 heterocycles. The Labute approximate surface area is 211 Å². The Hall–Kier alpha value is -3.13. The number of hydrogen-bond donors (Lipinski definition) is 7. The second-order valence-electron chi connectivity index (χ2n) is 9.22. The maximum absolute atomic E-state index is 12.5. The Morgan fingerprint density at radius 2 is 1.70 bits per heavy atom. The highest BCUT2D eigenvalue weighted by Crippen LogP contribution is 2.37. The fraction of sp³-hybridized carbons (Fsp3) is 0.480. The molecule has 12 heteroatoms. The first kappa shape index (κ1) is 26.9. The number of benzene rings is 2. The first-order valence-corrected chi connectivity index (χ1v) is 11.6. The Balaban J connectivity index is 1.48. The van der Waals surface area contributed by atoms with E-state index in [2.05, 4.69) is 0 Å². The average molecular weight is 523 g/mol. The van der Waals surface area contributed by atoms with Crippen LogP contribution >= 0.6 is 0 Å². The summed E-state index contributed by atoms with van der Waals surface area (Å²) in [7, 11) is 1.41. The molecule has 2 aliphatic heterocycles.